The number of ether oxygens (including phenoxy) is 1. The van der Waals surface area contributed by atoms with Crippen molar-refractivity contribution in [2.45, 2.75) is 38.3 Å². The minimum atomic E-state index is -1.45. The molecule has 0 radical (unpaired) electrons. The fourth-order valence-corrected chi connectivity index (χ4v) is 4.33. The molecule has 8 nitrogen and oxygen atoms in total. The van der Waals surface area contributed by atoms with Crippen LogP contribution in [0.1, 0.15) is 40.9 Å². The molecule has 1 aliphatic heterocycles. The number of carboxylic acids is 1. The molecule has 3 aromatic rings. The van der Waals surface area contributed by atoms with Crippen molar-refractivity contribution in [3.8, 4) is 22.8 Å². The van der Waals surface area contributed by atoms with Crippen LogP contribution in [-0.4, -0.2) is 38.4 Å². The topological polar surface area (TPSA) is 117 Å². The maximum Gasteiger partial charge on any atom is 0.345 e. The number of aromatic nitrogens is 2. The van der Waals surface area contributed by atoms with E-state index in [1.165, 1.54) is 19.3 Å². The fourth-order valence-electron chi connectivity index (χ4n) is 4.33. The third-order valence-electron chi connectivity index (χ3n) is 6.30. The van der Waals surface area contributed by atoms with Crippen molar-refractivity contribution in [2.75, 3.05) is 6.61 Å². The number of nitrogens with zero attached hydrogens (tertiary/aromatic N) is 1. The highest BCUT2D eigenvalue weighted by Crippen LogP contribution is 2.40. The van der Waals surface area contributed by atoms with E-state index in [1.807, 2.05) is 19.2 Å². The Bertz CT molecular complexity index is 1240. The number of aryl methyl sites for hydroxylation is 1. The molecule has 1 fully saturated rings. The van der Waals surface area contributed by atoms with Gasteiger partial charge in [0.15, 0.2) is 5.56 Å². The summed E-state index contributed by atoms with van der Waals surface area (Å²) < 4.78 is 8.04. The van der Waals surface area contributed by atoms with Crippen LogP contribution in [0.4, 0.5) is 0 Å². The molecule has 0 bridgehead atoms. The van der Waals surface area contributed by atoms with Gasteiger partial charge in [-0.25, -0.2) is 4.79 Å². The minimum Gasteiger partial charge on any atom is -0.506 e. The summed E-state index contributed by atoms with van der Waals surface area (Å²) in [6.45, 7) is 1.04. The van der Waals surface area contributed by atoms with E-state index >= 15 is 0 Å². The molecule has 0 atom stereocenters. The summed E-state index contributed by atoms with van der Waals surface area (Å²) in [5, 5.41) is 24.3. The molecule has 0 saturated heterocycles. The van der Waals surface area contributed by atoms with Crippen molar-refractivity contribution in [3.05, 3.63) is 45.4 Å². The van der Waals surface area contributed by atoms with E-state index < -0.39 is 22.8 Å². The first-order valence-corrected chi connectivity index (χ1v) is 10.1. The lowest BCUT2D eigenvalue weighted by Gasteiger charge is -2.26. The lowest BCUT2D eigenvalue weighted by Crippen LogP contribution is -2.34. The molecule has 1 aliphatic carbocycles. The van der Waals surface area contributed by atoms with Crippen LogP contribution >= 0.6 is 12.4 Å². The van der Waals surface area contributed by atoms with E-state index in [1.54, 1.807) is 0 Å². The Hall–Kier alpha value is -2.97. The highest BCUT2D eigenvalue weighted by molar-refractivity contribution is 5.94. The van der Waals surface area contributed by atoms with Crippen molar-refractivity contribution in [3.63, 3.8) is 0 Å². The van der Waals surface area contributed by atoms with Crippen LogP contribution in [0, 0.1) is 0 Å². The molecule has 3 heterocycles. The van der Waals surface area contributed by atoms with Crippen LogP contribution in [0.3, 0.4) is 0 Å². The second-order valence-corrected chi connectivity index (χ2v) is 8.05. The molecule has 0 unspecified atom stereocenters. The van der Waals surface area contributed by atoms with Crippen molar-refractivity contribution in [2.24, 2.45) is 7.05 Å². The number of H-pyrrole nitrogens is 1. The Labute approximate surface area is 184 Å². The Morgan fingerprint density at radius 1 is 1.32 bits per heavy atom. The van der Waals surface area contributed by atoms with Crippen LogP contribution < -0.4 is 15.6 Å². The van der Waals surface area contributed by atoms with Crippen LogP contribution in [0.25, 0.3) is 22.2 Å². The Morgan fingerprint density at radius 2 is 2.10 bits per heavy atom. The molecule has 31 heavy (non-hydrogen) atoms. The first-order chi connectivity index (χ1) is 14.4. The average molecular weight is 446 g/mol. The van der Waals surface area contributed by atoms with Gasteiger partial charge in [-0.05, 0) is 25.0 Å². The van der Waals surface area contributed by atoms with Gasteiger partial charge in [0.05, 0.1) is 17.8 Å². The summed E-state index contributed by atoms with van der Waals surface area (Å²) in [5.41, 5.74) is 2.13. The summed E-state index contributed by atoms with van der Waals surface area (Å²) in [6.07, 6.45) is 4.01. The summed E-state index contributed by atoms with van der Waals surface area (Å²) in [7, 11) is 2.02. The Balaban J connectivity index is 0.00000231. The number of hydrogen-bond acceptors (Lipinski definition) is 5. The number of carbonyl (C=O) groups is 1. The largest absolute Gasteiger partial charge is 0.506 e. The number of fused-ring (bicyclic) bond motifs is 4. The second-order valence-electron chi connectivity index (χ2n) is 8.05. The Kier molecular flexibility index (Phi) is 5.45. The lowest BCUT2D eigenvalue weighted by molar-refractivity contribution is 0.0691. The third-order valence-corrected chi connectivity index (χ3v) is 6.30. The van der Waals surface area contributed by atoms with E-state index in [4.69, 9.17) is 4.74 Å². The van der Waals surface area contributed by atoms with Crippen molar-refractivity contribution < 1.29 is 19.7 Å². The van der Waals surface area contributed by atoms with Gasteiger partial charge >= 0.3 is 5.97 Å². The van der Waals surface area contributed by atoms with Crippen molar-refractivity contribution in [1.29, 1.82) is 0 Å². The van der Waals surface area contributed by atoms with Gasteiger partial charge in [-0.3, -0.25) is 4.79 Å². The number of pyridine rings is 1. The number of carboxylic acid groups (broad SMARTS) is 1. The molecule has 0 spiro atoms. The molecule has 0 amide bonds. The van der Waals surface area contributed by atoms with Gasteiger partial charge in [-0.15, -0.1) is 12.4 Å². The lowest BCUT2D eigenvalue weighted by atomic mass is 9.93. The van der Waals surface area contributed by atoms with Crippen LogP contribution in [-0.2, 0) is 20.0 Å². The standard InChI is InChI=1S/C22H23N3O5.ClH/c1-25-13(10-23-12-3-2-4-12)7-11-8-15-17(9-16(11)25)30-6-5-14-19(15)24-21(27)18(20(14)26)22(28)29;/h7-9,12,23H,2-6,10H2,1H3,(H,28,29)(H2,24,26,27);1H. The van der Waals surface area contributed by atoms with Gasteiger partial charge in [-0.1, -0.05) is 6.42 Å². The predicted octanol–water partition coefficient (Wildman–Crippen LogP) is 2.94. The van der Waals surface area contributed by atoms with Gasteiger partial charge in [0.1, 0.15) is 11.5 Å². The zero-order valence-corrected chi connectivity index (χ0v) is 17.8. The second kappa shape index (κ2) is 7.94. The van der Waals surface area contributed by atoms with E-state index in [9.17, 15) is 19.8 Å². The van der Waals surface area contributed by atoms with Gasteiger partial charge in [0.2, 0.25) is 0 Å². The van der Waals surface area contributed by atoms with E-state index in [2.05, 4.69) is 20.9 Å². The van der Waals surface area contributed by atoms with Gasteiger partial charge in [0, 0.05) is 54.3 Å². The molecule has 2 aromatic heterocycles. The SMILES string of the molecule is Cl.Cn1c(CNC2CCC2)cc2cc3c(cc21)OCCc1c-3[nH]c(=O)c(C(=O)O)c1O. The number of aromatic amines is 1. The number of halogens is 1. The van der Waals surface area contributed by atoms with E-state index in [0.29, 0.717) is 35.0 Å². The smallest absolute Gasteiger partial charge is 0.345 e. The molecule has 5 rings (SSSR count). The predicted molar refractivity (Wildman–Crippen MR) is 119 cm³/mol. The first-order valence-electron chi connectivity index (χ1n) is 10.1. The zero-order chi connectivity index (χ0) is 21.0. The molecule has 164 valence electrons. The minimum absolute atomic E-state index is 0. The molecule has 9 heteroatoms. The summed E-state index contributed by atoms with van der Waals surface area (Å²) in [4.78, 5) is 26.4. The van der Waals surface area contributed by atoms with Crippen molar-refractivity contribution >= 4 is 29.3 Å². The number of benzene rings is 1. The molecular weight excluding hydrogens is 422 g/mol. The summed E-state index contributed by atoms with van der Waals surface area (Å²) in [6, 6.07) is 6.56. The maximum absolute atomic E-state index is 12.3. The van der Waals surface area contributed by atoms with Gasteiger partial charge < -0.3 is 29.8 Å². The van der Waals surface area contributed by atoms with Crippen LogP contribution in [0.15, 0.2) is 23.0 Å². The first kappa shape index (κ1) is 21.3. The molecule has 2 aliphatic rings. The maximum atomic E-state index is 12.3. The number of aromatic hydroxyl groups is 1. The van der Waals surface area contributed by atoms with Crippen molar-refractivity contribution in [1.82, 2.24) is 14.9 Å². The number of hydrogen-bond donors (Lipinski definition) is 4. The third kappa shape index (κ3) is 3.45. The monoisotopic (exact) mass is 445 g/mol. The Morgan fingerprint density at radius 3 is 2.77 bits per heavy atom. The average Bonchev–Trinajstić information content (AvgIpc) is 2.85. The summed E-state index contributed by atoms with van der Waals surface area (Å²) in [5.74, 6) is -1.35. The van der Waals surface area contributed by atoms with Gasteiger partial charge in [0.25, 0.3) is 5.56 Å². The summed E-state index contributed by atoms with van der Waals surface area (Å²) >= 11 is 0. The quantitative estimate of drug-likeness (QED) is 0.490. The highest BCUT2D eigenvalue weighted by Gasteiger charge is 2.27. The number of rotatable bonds is 4. The van der Waals surface area contributed by atoms with Crippen LogP contribution in [0.2, 0.25) is 0 Å². The molecule has 4 N–H and O–H groups in total. The van der Waals surface area contributed by atoms with Gasteiger partial charge in [-0.2, -0.15) is 0 Å². The van der Waals surface area contributed by atoms with Crippen LogP contribution in [0.5, 0.6) is 11.5 Å². The van der Waals surface area contributed by atoms with E-state index in [-0.39, 0.29) is 19.0 Å². The number of nitrogens with one attached hydrogen (secondary N) is 2. The molecular formula is C22H24ClN3O5. The number of aromatic carboxylic acids is 1. The molecule has 1 saturated carbocycles. The van der Waals surface area contributed by atoms with E-state index in [0.717, 1.165) is 23.1 Å². The fraction of sp³-hybridized carbons (Fsp3) is 0.364. The zero-order valence-electron chi connectivity index (χ0n) is 17.0. The normalized spacial score (nSPS) is 15.3. The molecule has 1 aromatic carbocycles. The highest BCUT2D eigenvalue weighted by atomic mass is 35.5.